The molecular formula is C28H28N6O2. The largest absolute Gasteiger partial charge is 0.457 e. The molecule has 8 nitrogen and oxygen atoms in total. The molecule has 182 valence electrons. The van der Waals surface area contributed by atoms with Gasteiger partial charge in [0, 0.05) is 31.5 Å². The number of ether oxygens (including phenoxy) is 1. The number of hydrogen-bond donors (Lipinski definition) is 1. The minimum Gasteiger partial charge on any atom is -0.457 e. The normalized spacial score (nSPS) is 15.5. The van der Waals surface area contributed by atoms with Crippen molar-refractivity contribution in [3.8, 4) is 35.1 Å². The molecule has 4 aromatic rings. The molecule has 1 fully saturated rings. The van der Waals surface area contributed by atoms with E-state index < -0.39 is 0 Å². The molecule has 1 atom stereocenters. The number of para-hydroxylation sites is 1. The van der Waals surface area contributed by atoms with E-state index >= 15 is 0 Å². The molecule has 0 aliphatic carbocycles. The highest BCUT2D eigenvalue weighted by atomic mass is 16.5. The molecule has 1 aliphatic rings. The minimum atomic E-state index is 0.00145. The molecular weight excluding hydrogens is 452 g/mol. The fourth-order valence-corrected chi connectivity index (χ4v) is 4.64. The van der Waals surface area contributed by atoms with Gasteiger partial charge in [-0.15, -0.1) is 12.3 Å². The van der Waals surface area contributed by atoms with Crippen LogP contribution in [0.2, 0.25) is 0 Å². The predicted octanol–water partition coefficient (Wildman–Crippen LogP) is 4.83. The van der Waals surface area contributed by atoms with Crippen LogP contribution in [0.15, 0.2) is 60.9 Å². The SMILES string of the molecule is C#CCCCC(=O)N1CCC[C@@H](n2nc(-c3ccc(Oc4ccccc4)cc3)c3c(N)ncnc32)C1. The molecule has 36 heavy (non-hydrogen) atoms. The Kier molecular flexibility index (Phi) is 6.80. The molecule has 0 radical (unpaired) electrons. The summed E-state index contributed by atoms with van der Waals surface area (Å²) in [5.41, 5.74) is 8.58. The maximum atomic E-state index is 12.7. The zero-order valence-corrected chi connectivity index (χ0v) is 20.0. The molecule has 8 heteroatoms. The lowest BCUT2D eigenvalue weighted by Gasteiger charge is -2.33. The minimum absolute atomic E-state index is 0.00145. The van der Waals surface area contributed by atoms with Gasteiger partial charge < -0.3 is 15.4 Å². The average Bonchev–Trinajstić information content (AvgIpc) is 3.31. The van der Waals surface area contributed by atoms with Crippen molar-refractivity contribution in [1.82, 2.24) is 24.6 Å². The summed E-state index contributed by atoms with van der Waals surface area (Å²) in [6.45, 7) is 1.33. The molecule has 1 amide bonds. The van der Waals surface area contributed by atoms with Crippen molar-refractivity contribution < 1.29 is 9.53 Å². The number of nitrogens with two attached hydrogens (primary N) is 1. The summed E-state index contributed by atoms with van der Waals surface area (Å²) in [6.07, 6.45) is 10.4. The van der Waals surface area contributed by atoms with Crippen LogP contribution in [0.25, 0.3) is 22.3 Å². The smallest absolute Gasteiger partial charge is 0.222 e. The van der Waals surface area contributed by atoms with E-state index in [9.17, 15) is 4.79 Å². The highest BCUT2D eigenvalue weighted by Gasteiger charge is 2.28. The average molecular weight is 481 g/mol. The first-order valence-electron chi connectivity index (χ1n) is 12.2. The number of hydrogen-bond acceptors (Lipinski definition) is 6. The number of carbonyl (C=O) groups is 1. The summed E-state index contributed by atoms with van der Waals surface area (Å²) in [7, 11) is 0. The number of nitrogens with zero attached hydrogens (tertiary/aromatic N) is 5. The van der Waals surface area contributed by atoms with E-state index in [1.807, 2.05) is 64.2 Å². The van der Waals surface area contributed by atoms with Crippen LogP contribution >= 0.6 is 0 Å². The van der Waals surface area contributed by atoms with Gasteiger partial charge in [0.15, 0.2) is 5.65 Å². The first-order valence-corrected chi connectivity index (χ1v) is 12.2. The Morgan fingerprint density at radius 2 is 1.89 bits per heavy atom. The van der Waals surface area contributed by atoms with Gasteiger partial charge in [-0.05, 0) is 55.7 Å². The molecule has 0 saturated carbocycles. The van der Waals surface area contributed by atoms with Crippen molar-refractivity contribution in [3.05, 3.63) is 60.9 Å². The Balaban J connectivity index is 1.42. The number of aromatic nitrogens is 4. The fraction of sp³-hybridized carbons (Fsp3) is 0.286. The maximum Gasteiger partial charge on any atom is 0.222 e. The molecule has 3 heterocycles. The predicted molar refractivity (Wildman–Crippen MR) is 139 cm³/mol. The Morgan fingerprint density at radius 1 is 1.11 bits per heavy atom. The summed E-state index contributed by atoms with van der Waals surface area (Å²) < 4.78 is 7.84. The zero-order valence-electron chi connectivity index (χ0n) is 20.0. The van der Waals surface area contributed by atoms with Crippen LogP contribution in [0.4, 0.5) is 5.82 Å². The number of terminal acetylenes is 1. The summed E-state index contributed by atoms with van der Waals surface area (Å²) in [5, 5.41) is 5.67. The van der Waals surface area contributed by atoms with Gasteiger partial charge in [0.05, 0.1) is 11.4 Å². The number of fused-ring (bicyclic) bond motifs is 1. The van der Waals surface area contributed by atoms with Crippen molar-refractivity contribution in [2.75, 3.05) is 18.8 Å². The number of likely N-dealkylation sites (tertiary alicyclic amines) is 1. The number of rotatable bonds is 7. The number of benzene rings is 2. The van der Waals surface area contributed by atoms with Crippen LogP contribution in [0, 0.1) is 12.3 Å². The van der Waals surface area contributed by atoms with Crippen molar-refractivity contribution in [2.45, 2.75) is 38.1 Å². The van der Waals surface area contributed by atoms with Gasteiger partial charge in [0.25, 0.3) is 0 Å². The first-order chi connectivity index (χ1) is 17.6. The Bertz CT molecular complexity index is 1390. The third-order valence-electron chi connectivity index (χ3n) is 6.43. The van der Waals surface area contributed by atoms with E-state index in [2.05, 4.69) is 15.9 Å². The number of anilines is 1. The first kappa shape index (κ1) is 23.4. The van der Waals surface area contributed by atoms with Gasteiger partial charge >= 0.3 is 0 Å². The molecule has 1 aliphatic heterocycles. The summed E-state index contributed by atoms with van der Waals surface area (Å²) in [4.78, 5) is 23.4. The number of unbranched alkanes of at least 4 members (excludes halogenated alkanes) is 1. The quantitative estimate of drug-likeness (QED) is 0.300. The molecule has 0 bridgehead atoms. The van der Waals surface area contributed by atoms with Crippen molar-refractivity contribution >= 4 is 22.8 Å². The maximum absolute atomic E-state index is 12.7. The molecule has 2 N–H and O–H groups in total. The van der Waals surface area contributed by atoms with Crippen LogP contribution < -0.4 is 10.5 Å². The number of carbonyl (C=O) groups excluding carboxylic acids is 1. The molecule has 2 aromatic carbocycles. The van der Waals surface area contributed by atoms with Crippen LogP contribution in [-0.4, -0.2) is 43.6 Å². The van der Waals surface area contributed by atoms with Gasteiger partial charge in [-0.2, -0.15) is 5.10 Å². The van der Waals surface area contributed by atoms with Gasteiger partial charge in [-0.1, -0.05) is 18.2 Å². The van der Waals surface area contributed by atoms with E-state index in [0.29, 0.717) is 48.4 Å². The second kappa shape index (κ2) is 10.5. The highest BCUT2D eigenvalue weighted by Crippen LogP contribution is 2.35. The third kappa shape index (κ3) is 4.86. The second-order valence-corrected chi connectivity index (χ2v) is 8.88. The van der Waals surface area contributed by atoms with Crippen molar-refractivity contribution in [1.29, 1.82) is 0 Å². The summed E-state index contributed by atoms with van der Waals surface area (Å²) in [5.74, 6) is 4.61. The Labute approximate surface area is 210 Å². The van der Waals surface area contributed by atoms with E-state index in [0.717, 1.165) is 36.4 Å². The van der Waals surface area contributed by atoms with E-state index in [-0.39, 0.29) is 11.9 Å². The topological polar surface area (TPSA) is 99.2 Å². The van der Waals surface area contributed by atoms with E-state index in [4.69, 9.17) is 22.0 Å². The van der Waals surface area contributed by atoms with Crippen LogP contribution in [0.3, 0.4) is 0 Å². The second-order valence-electron chi connectivity index (χ2n) is 8.88. The number of nitrogen functional groups attached to an aromatic ring is 1. The lowest BCUT2D eigenvalue weighted by molar-refractivity contribution is -0.132. The molecule has 1 saturated heterocycles. The molecule has 0 spiro atoms. The van der Waals surface area contributed by atoms with Crippen LogP contribution in [-0.2, 0) is 4.79 Å². The molecule has 5 rings (SSSR count). The summed E-state index contributed by atoms with van der Waals surface area (Å²) >= 11 is 0. The fourth-order valence-electron chi connectivity index (χ4n) is 4.64. The standard InChI is InChI=1S/C28H28N6O2/c1-2-3-5-12-24(35)33-17-8-9-21(18-33)34-28-25(27(29)30-19-31-28)26(32-34)20-13-15-23(16-14-20)36-22-10-6-4-7-11-22/h1,4,6-7,10-11,13-16,19,21H,3,5,8-9,12,17-18H2,(H2,29,30,31)/t21-/m1/s1. The summed E-state index contributed by atoms with van der Waals surface area (Å²) in [6, 6.07) is 17.4. The molecule has 2 aromatic heterocycles. The van der Waals surface area contributed by atoms with Gasteiger partial charge in [0.2, 0.25) is 5.91 Å². The number of piperidine rings is 1. The zero-order chi connectivity index (χ0) is 24.9. The number of amides is 1. The van der Waals surface area contributed by atoms with Gasteiger partial charge in [0.1, 0.15) is 29.3 Å². The van der Waals surface area contributed by atoms with Gasteiger partial charge in [-0.3, -0.25) is 4.79 Å². The lowest BCUT2D eigenvalue weighted by atomic mass is 10.0. The lowest BCUT2D eigenvalue weighted by Crippen LogP contribution is -2.40. The Hall–Kier alpha value is -4.38. The third-order valence-corrected chi connectivity index (χ3v) is 6.43. The molecule has 0 unspecified atom stereocenters. The van der Waals surface area contributed by atoms with Gasteiger partial charge in [-0.25, -0.2) is 14.6 Å². The monoisotopic (exact) mass is 480 g/mol. The van der Waals surface area contributed by atoms with Crippen molar-refractivity contribution in [3.63, 3.8) is 0 Å². The van der Waals surface area contributed by atoms with Crippen LogP contribution in [0.5, 0.6) is 11.5 Å². The van der Waals surface area contributed by atoms with Crippen molar-refractivity contribution in [2.24, 2.45) is 0 Å². The van der Waals surface area contributed by atoms with E-state index in [1.54, 1.807) is 0 Å². The Morgan fingerprint density at radius 3 is 2.67 bits per heavy atom. The van der Waals surface area contributed by atoms with E-state index in [1.165, 1.54) is 6.33 Å². The van der Waals surface area contributed by atoms with Crippen LogP contribution in [0.1, 0.15) is 38.1 Å². The highest BCUT2D eigenvalue weighted by molar-refractivity contribution is 5.98.